The first-order chi connectivity index (χ1) is 14.1. The third-order valence-corrected chi connectivity index (χ3v) is 4.09. The number of hydrogen-bond acceptors (Lipinski definition) is 5. The van der Waals surface area contributed by atoms with E-state index < -0.39 is 22.8 Å². The molecule has 0 radical (unpaired) electrons. The molecule has 0 fully saturated rings. The Kier molecular flexibility index (Phi) is 5.91. The lowest BCUT2D eigenvalue weighted by molar-refractivity contribution is 0.342. The highest BCUT2D eigenvalue weighted by atomic mass is 19.1. The summed E-state index contributed by atoms with van der Waals surface area (Å²) in [5.41, 5.74) is -1.03. The molecule has 0 unspecified atom stereocenters. The molecule has 0 saturated heterocycles. The number of rotatable bonds is 6. The molecule has 0 saturated carbocycles. The number of anilines is 4. The van der Waals surface area contributed by atoms with Gasteiger partial charge in [-0.05, 0) is 31.2 Å². The zero-order valence-corrected chi connectivity index (χ0v) is 15.5. The maximum atomic E-state index is 15.2. The number of para-hydroxylation sites is 3. The van der Waals surface area contributed by atoms with Crippen molar-refractivity contribution in [2.24, 2.45) is 0 Å². The summed E-state index contributed by atoms with van der Waals surface area (Å²) < 4.78 is 35.8. The summed E-state index contributed by atoms with van der Waals surface area (Å²) >= 11 is 0. The van der Waals surface area contributed by atoms with Gasteiger partial charge in [0.05, 0.1) is 12.3 Å². The van der Waals surface area contributed by atoms with Crippen molar-refractivity contribution in [2.45, 2.75) is 6.92 Å². The van der Waals surface area contributed by atoms with Gasteiger partial charge in [-0.2, -0.15) is 10.5 Å². The first-order valence-corrected chi connectivity index (χ1v) is 8.76. The van der Waals surface area contributed by atoms with Crippen molar-refractivity contribution in [3.05, 3.63) is 77.4 Å². The van der Waals surface area contributed by atoms with Gasteiger partial charge in [0.2, 0.25) is 0 Å². The van der Waals surface area contributed by atoms with Gasteiger partial charge in [-0.15, -0.1) is 0 Å². The van der Waals surface area contributed by atoms with Gasteiger partial charge in [0.15, 0.2) is 11.6 Å². The Morgan fingerprint density at radius 3 is 1.97 bits per heavy atom. The van der Waals surface area contributed by atoms with Gasteiger partial charge < -0.3 is 15.4 Å². The Balaban J connectivity index is 2.20. The van der Waals surface area contributed by atoms with Crippen LogP contribution < -0.4 is 15.4 Å². The summed E-state index contributed by atoms with van der Waals surface area (Å²) in [4.78, 5) is 0. The fraction of sp³-hybridized carbons (Fsp3) is 0.0909. The van der Waals surface area contributed by atoms with Gasteiger partial charge in [-0.1, -0.05) is 30.3 Å². The van der Waals surface area contributed by atoms with Crippen molar-refractivity contribution in [3.8, 4) is 17.9 Å². The maximum Gasteiger partial charge on any atom is 0.168 e. The molecular formula is C22H16F2N4O. The molecule has 3 aromatic carbocycles. The van der Waals surface area contributed by atoms with E-state index in [9.17, 15) is 10.5 Å². The SMILES string of the molecule is CCOc1ccccc1Nc1c(F)c(C#N)c(C#N)c(F)c1Nc1ccccc1. The average molecular weight is 390 g/mol. The molecule has 0 aromatic heterocycles. The van der Waals surface area contributed by atoms with Gasteiger partial charge >= 0.3 is 0 Å². The summed E-state index contributed by atoms with van der Waals surface area (Å²) in [5.74, 6) is -1.62. The number of halogens is 2. The molecule has 29 heavy (non-hydrogen) atoms. The van der Waals surface area contributed by atoms with E-state index in [-0.39, 0.29) is 11.4 Å². The van der Waals surface area contributed by atoms with Gasteiger partial charge in [0.1, 0.15) is 40.4 Å². The smallest absolute Gasteiger partial charge is 0.168 e. The minimum Gasteiger partial charge on any atom is -0.492 e. The number of nitriles is 2. The van der Waals surface area contributed by atoms with Crippen LogP contribution in [0.4, 0.5) is 31.5 Å². The van der Waals surface area contributed by atoms with Gasteiger partial charge in [-0.3, -0.25) is 0 Å². The summed E-state index contributed by atoms with van der Waals surface area (Å²) in [6.07, 6.45) is 0. The van der Waals surface area contributed by atoms with Crippen LogP contribution >= 0.6 is 0 Å². The fourth-order valence-corrected chi connectivity index (χ4v) is 2.79. The van der Waals surface area contributed by atoms with Crippen LogP contribution in [-0.4, -0.2) is 6.61 Å². The second-order valence-corrected chi connectivity index (χ2v) is 5.90. The minimum absolute atomic E-state index is 0.282. The Bertz CT molecular complexity index is 1120. The second kappa shape index (κ2) is 8.73. The monoisotopic (exact) mass is 390 g/mol. The van der Waals surface area contributed by atoms with Crippen molar-refractivity contribution < 1.29 is 13.5 Å². The molecule has 3 rings (SSSR count). The van der Waals surface area contributed by atoms with Crippen molar-refractivity contribution >= 4 is 22.7 Å². The van der Waals surface area contributed by atoms with E-state index in [1.54, 1.807) is 73.7 Å². The van der Waals surface area contributed by atoms with E-state index in [4.69, 9.17) is 4.74 Å². The predicted octanol–water partition coefficient (Wildman–Crippen LogP) is 5.59. The van der Waals surface area contributed by atoms with Gasteiger partial charge in [-0.25, -0.2) is 8.78 Å². The molecule has 0 heterocycles. The zero-order valence-electron chi connectivity index (χ0n) is 15.5. The number of nitrogens with zero attached hydrogens (tertiary/aromatic N) is 2. The lowest BCUT2D eigenvalue weighted by Crippen LogP contribution is -2.08. The third kappa shape index (κ3) is 3.95. The predicted molar refractivity (Wildman–Crippen MR) is 106 cm³/mol. The molecule has 0 spiro atoms. The topological polar surface area (TPSA) is 80.9 Å². The van der Waals surface area contributed by atoms with Crippen LogP contribution in [0.3, 0.4) is 0 Å². The molecule has 0 atom stereocenters. The number of benzene rings is 3. The Hall–Kier alpha value is -4.10. The maximum absolute atomic E-state index is 15.2. The zero-order chi connectivity index (χ0) is 20.8. The highest BCUT2D eigenvalue weighted by molar-refractivity contribution is 5.84. The molecule has 5 nitrogen and oxygen atoms in total. The highest BCUT2D eigenvalue weighted by Crippen LogP contribution is 2.39. The Labute approximate surface area is 166 Å². The Morgan fingerprint density at radius 1 is 0.828 bits per heavy atom. The van der Waals surface area contributed by atoms with E-state index in [0.717, 1.165) is 0 Å². The van der Waals surface area contributed by atoms with E-state index in [0.29, 0.717) is 23.7 Å². The van der Waals surface area contributed by atoms with Crippen molar-refractivity contribution in [1.82, 2.24) is 0 Å². The quantitative estimate of drug-likeness (QED) is 0.573. The molecule has 7 heteroatoms. The normalized spacial score (nSPS) is 9.97. The summed E-state index contributed by atoms with van der Waals surface area (Å²) in [6, 6.07) is 18.5. The van der Waals surface area contributed by atoms with Crippen molar-refractivity contribution in [3.63, 3.8) is 0 Å². The lowest BCUT2D eigenvalue weighted by atomic mass is 10.0. The third-order valence-electron chi connectivity index (χ3n) is 4.09. The minimum atomic E-state index is -1.03. The van der Waals surface area contributed by atoms with E-state index in [1.165, 1.54) is 0 Å². The van der Waals surface area contributed by atoms with Crippen LogP contribution in [0, 0.1) is 34.3 Å². The van der Waals surface area contributed by atoms with Gasteiger partial charge in [0, 0.05) is 5.69 Å². The van der Waals surface area contributed by atoms with Crippen molar-refractivity contribution in [2.75, 3.05) is 17.2 Å². The van der Waals surface area contributed by atoms with Crippen LogP contribution in [-0.2, 0) is 0 Å². The first kappa shape index (κ1) is 19.7. The van der Waals surface area contributed by atoms with Crippen LogP contribution in [0.15, 0.2) is 54.6 Å². The van der Waals surface area contributed by atoms with Gasteiger partial charge in [0.25, 0.3) is 0 Å². The van der Waals surface area contributed by atoms with Crippen LogP contribution in [0.1, 0.15) is 18.1 Å². The van der Waals surface area contributed by atoms with E-state index in [2.05, 4.69) is 10.6 Å². The summed E-state index contributed by atoms with van der Waals surface area (Å²) in [6.45, 7) is 2.18. The summed E-state index contributed by atoms with van der Waals surface area (Å²) in [7, 11) is 0. The fourth-order valence-electron chi connectivity index (χ4n) is 2.79. The molecular weight excluding hydrogens is 374 g/mol. The molecule has 0 aliphatic carbocycles. The van der Waals surface area contributed by atoms with Crippen LogP contribution in [0.5, 0.6) is 5.75 Å². The van der Waals surface area contributed by atoms with Crippen LogP contribution in [0.25, 0.3) is 0 Å². The summed E-state index contributed by atoms with van der Waals surface area (Å²) in [5, 5.41) is 24.2. The molecule has 0 aliphatic heterocycles. The van der Waals surface area contributed by atoms with E-state index >= 15 is 8.78 Å². The standard InChI is InChI=1S/C22H16F2N4O/c1-2-29-18-11-7-6-10-17(18)28-22-20(24)16(13-26)15(12-25)19(23)21(22)27-14-8-4-3-5-9-14/h3-11,27-28H,2H2,1H3. The molecule has 144 valence electrons. The Morgan fingerprint density at radius 2 is 1.38 bits per heavy atom. The first-order valence-electron chi connectivity index (χ1n) is 8.76. The van der Waals surface area contributed by atoms with Crippen LogP contribution in [0.2, 0.25) is 0 Å². The number of nitrogens with one attached hydrogen (secondary N) is 2. The number of hydrogen-bond donors (Lipinski definition) is 2. The average Bonchev–Trinajstić information content (AvgIpc) is 2.74. The molecule has 2 N–H and O–H groups in total. The van der Waals surface area contributed by atoms with Crippen molar-refractivity contribution in [1.29, 1.82) is 10.5 Å². The largest absolute Gasteiger partial charge is 0.492 e. The van der Waals surface area contributed by atoms with E-state index in [1.807, 2.05) is 0 Å². The molecule has 0 amide bonds. The molecule has 0 bridgehead atoms. The molecule has 0 aliphatic rings. The second-order valence-electron chi connectivity index (χ2n) is 5.90. The number of ether oxygens (including phenoxy) is 1. The molecule has 3 aromatic rings. The highest BCUT2D eigenvalue weighted by Gasteiger charge is 2.26. The lowest BCUT2D eigenvalue weighted by Gasteiger charge is -2.19.